The van der Waals surface area contributed by atoms with Crippen molar-refractivity contribution in [3.05, 3.63) is 64.7 Å². The minimum atomic E-state index is -3.52. The number of amides is 1. The molecule has 1 N–H and O–H groups in total. The first-order valence-electron chi connectivity index (χ1n) is 9.82. The van der Waals surface area contributed by atoms with Crippen LogP contribution >= 0.6 is 0 Å². The molecular weight excluding hydrogens is 372 g/mol. The second kappa shape index (κ2) is 8.88. The second-order valence-corrected chi connectivity index (χ2v) is 9.37. The molecule has 2 aromatic carbocycles. The highest BCUT2D eigenvalue weighted by Gasteiger charge is 2.28. The molecule has 0 unspecified atom stereocenters. The maximum atomic E-state index is 12.8. The van der Waals surface area contributed by atoms with E-state index < -0.39 is 10.0 Å². The third-order valence-electron chi connectivity index (χ3n) is 5.17. The molecule has 0 aromatic heterocycles. The molecule has 1 aliphatic heterocycles. The number of nitrogens with zero attached hydrogens (tertiary/aromatic N) is 1. The van der Waals surface area contributed by atoms with E-state index in [0.717, 1.165) is 31.2 Å². The number of carbonyl (C=O) groups excluding carboxylic acids is 1. The van der Waals surface area contributed by atoms with Gasteiger partial charge in [-0.25, -0.2) is 8.42 Å². The fourth-order valence-corrected chi connectivity index (χ4v) is 5.08. The summed E-state index contributed by atoms with van der Waals surface area (Å²) >= 11 is 0. The van der Waals surface area contributed by atoms with Gasteiger partial charge in [0.1, 0.15) is 0 Å². The summed E-state index contributed by atoms with van der Waals surface area (Å²) in [5, 5.41) is 2.93. The molecule has 1 amide bonds. The van der Waals surface area contributed by atoms with E-state index in [-0.39, 0.29) is 10.8 Å². The number of aryl methyl sites for hydroxylation is 3. The number of rotatable bonds is 7. The lowest BCUT2D eigenvalue weighted by atomic mass is 10.1. The molecule has 1 fully saturated rings. The number of nitrogens with one attached hydrogen (secondary N) is 1. The Morgan fingerprint density at radius 3 is 2.54 bits per heavy atom. The van der Waals surface area contributed by atoms with E-state index >= 15 is 0 Å². The van der Waals surface area contributed by atoms with E-state index in [1.165, 1.54) is 21.5 Å². The van der Waals surface area contributed by atoms with Gasteiger partial charge in [-0.2, -0.15) is 4.31 Å². The van der Waals surface area contributed by atoms with Gasteiger partial charge in [0, 0.05) is 25.2 Å². The summed E-state index contributed by atoms with van der Waals surface area (Å²) in [7, 11) is -3.52. The molecule has 1 aliphatic rings. The number of carbonyl (C=O) groups is 1. The summed E-state index contributed by atoms with van der Waals surface area (Å²) < 4.78 is 27.0. The molecule has 0 bridgehead atoms. The highest BCUT2D eigenvalue weighted by Crippen LogP contribution is 2.23. The average molecular weight is 401 g/mol. The van der Waals surface area contributed by atoms with E-state index in [2.05, 4.69) is 30.4 Å². The molecule has 5 nitrogen and oxygen atoms in total. The fraction of sp³-hybridized carbons (Fsp3) is 0.409. The topological polar surface area (TPSA) is 66.5 Å². The molecule has 150 valence electrons. The molecule has 0 saturated carbocycles. The zero-order chi connectivity index (χ0) is 20.1. The average Bonchev–Trinajstić information content (AvgIpc) is 3.21. The van der Waals surface area contributed by atoms with E-state index in [4.69, 9.17) is 0 Å². The van der Waals surface area contributed by atoms with Gasteiger partial charge in [-0.05, 0) is 62.8 Å². The Morgan fingerprint density at radius 2 is 1.82 bits per heavy atom. The van der Waals surface area contributed by atoms with Gasteiger partial charge >= 0.3 is 0 Å². The predicted molar refractivity (Wildman–Crippen MR) is 111 cm³/mol. The van der Waals surface area contributed by atoms with Crippen molar-refractivity contribution in [3.8, 4) is 0 Å². The molecule has 0 spiro atoms. The van der Waals surface area contributed by atoms with Crippen molar-refractivity contribution in [2.75, 3.05) is 19.6 Å². The van der Waals surface area contributed by atoms with Gasteiger partial charge in [0.15, 0.2) is 0 Å². The van der Waals surface area contributed by atoms with Crippen molar-refractivity contribution in [1.82, 2.24) is 9.62 Å². The van der Waals surface area contributed by atoms with Gasteiger partial charge in [0.05, 0.1) is 4.90 Å². The maximum Gasteiger partial charge on any atom is 0.251 e. The van der Waals surface area contributed by atoms with Crippen molar-refractivity contribution < 1.29 is 13.2 Å². The van der Waals surface area contributed by atoms with Crippen LogP contribution in [-0.4, -0.2) is 38.3 Å². The van der Waals surface area contributed by atoms with Crippen LogP contribution in [0.15, 0.2) is 47.4 Å². The van der Waals surface area contributed by atoms with Gasteiger partial charge in [-0.15, -0.1) is 0 Å². The molecule has 1 saturated heterocycles. The number of sulfonamides is 1. The Hall–Kier alpha value is -2.18. The first kappa shape index (κ1) is 20.6. The van der Waals surface area contributed by atoms with Gasteiger partial charge in [-0.3, -0.25) is 4.79 Å². The number of hydrogen-bond donors (Lipinski definition) is 1. The largest absolute Gasteiger partial charge is 0.352 e. The molecule has 0 radical (unpaired) electrons. The summed E-state index contributed by atoms with van der Waals surface area (Å²) in [6.45, 7) is 5.55. The summed E-state index contributed by atoms with van der Waals surface area (Å²) in [5.74, 6) is -0.222. The van der Waals surface area contributed by atoms with Crippen LogP contribution in [0.3, 0.4) is 0 Å². The molecule has 6 heteroatoms. The van der Waals surface area contributed by atoms with Gasteiger partial charge in [-0.1, -0.05) is 35.9 Å². The first-order chi connectivity index (χ1) is 13.4. The molecule has 3 rings (SSSR count). The van der Waals surface area contributed by atoms with E-state index in [9.17, 15) is 13.2 Å². The summed E-state index contributed by atoms with van der Waals surface area (Å²) in [6.07, 6.45) is 3.50. The first-order valence-corrected chi connectivity index (χ1v) is 11.3. The predicted octanol–water partition coefficient (Wildman–Crippen LogP) is 3.45. The molecule has 2 aromatic rings. The fourth-order valence-electron chi connectivity index (χ4n) is 3.54. The molecule has 1 heterocycles. The van der Waals surface area contributed by atoms with Crippen molar-refractivity contribution in [2.24, 2.45) is 0 Å². The number of hydrogen-bond acceptors (Lipinski definition) is 3. The Morgan fingerprint density at radius 1 is 1.07 bits per heavy atom. The van der Waals surface area contributed by atoms with Crippen molar-refractivity contribution in [2.45, 2.75) is 44.4 Å². The van der Waals surface area contributed by atoms with Crippen LogP contribution in [-0.2, 0) is 16.4 Å². The summed E-state index contributed by atoms with van der Waals surface area (Å²) in [6, 6.07) is 13.2. The smallest absolute Gasteiger partial charge is 0.251 e. The maximum absolute atomic E-state index is 12.8. The molecule has 0 aliphatic carbocycles. The molecular formula is C22H28N2O3S. The van der Waals surface area contributed by atoms with Gasteiger partial charge in [0.2, 0.25) is 10.0 Å². The van der Waals surface area contributed by atoms with Crippen LogP contribution in [0.4, 0.5) is 0 Å². The van der Waals surface area contributed by atoms with Crippen LogP contribution in [0, 0.1) is 13.8 Å². The second-order valence-electron chi connectivity index (χ2n) is 7.44. The zero-order valence-corrected chi connectivity index (χ0v) is 17.4. The van der Waals surface area contributed by atoms with Crippen LogP contribution < -0.4 is 5.32 Å². The van der Waals surface area contributed by atoms with E-state index in [1.54, 1.807) is 12.1 Å². The van der Waals surface area contributed by atoms with Gasteiger partial charge in [0.25, 0.3) is 5.91 Å². The quantitative estimate of drug-likeness (QED) is 0.724. The highest BCUT2D eigenvalue weighted by atomic mass is 32.2. The van der Waals surface area contributed by atoms with Crippen LogP contribution in [0.2, 0.25) is 0 Å². The third kappa shape index (κ3) is 4.80. The minimum absolute atomic E-state index is 0.199. The standard InChI is InChI=1S/C22H28N2O3S/c1-17-7-5-8-19(15-17)9-6-12-23-22(25)21-16-20(11-10-18(21)2)28(26,27)24-13-3-4-14-24/h5,7-8,10-11,15-16H,3-4,6,9,12-14H2,1-2H3,(H,23,25). The Kier molecular flexibility index (Phi) is 6.52. The molecule has 28 heavy (non-hydrogen) atoms. The van der Waals surface area contributed by atoms with Crippen LogP contribution in [0.1, 0.15) is 46.3 Å². The lowest BCUT2D eigenvalue weighted by Crippen LogP contribution is -2.29. The lowest BCUT2D eigenvalue weighted by molar-refractivity contribution is 0.0952. The number of benzene rings is 2. The highest BCUT2D eigenvalue weighted by molar-refractivity contribution is 7.89. The normalized spacial score (nSPS) is 14.9. The van der Waals surface area contributed by atoms with Crippen molar-refractivity contribution in [1.29, 1.82) is 0 Å². The summed E-state index contributed by atoms with van der Waals surface area (Å²) in [5.41, 5.74) is 3.68. The zero-order valence-electron chi connectivity index (χ0n) is 16.6. The third-order valence-corrected chi connectivity index (χ3v) is 7.06. The van der Waals surface area contributed by atoms with Crippen LogP contribution in [0.5, 0.6) is 0 Å². The van der Waals surface area contributed by atoms with E-state index in [0.29, 0.717) is 25.2 Å². The van der Waals surface area contributed by atoms with Crippen molar-refractivity contribution >= 4 is 15.9 Å². The van der Waals surface area contributed by atoms with Gasteiger partial charge < -0.3 is 5.32 Å². The lowest BCUT2D eigenvalue weighted by Gasteiger charge is -2.17. The SMILES string of the molecule is Cc1cccc(CCCNC(=O)c2cc(S(=O)(=O)N3CCCC3)ccc2C)c1. The molecule has 0 atom stereocenters. The Bertz CT molecular complexity index is 948. The minimum Gasteiger partial charge on any atom is -0.352 e. The van der Waals surface area contributed by atoms with Crippen LogP contribution in [0.25, 0.3) is 0 Å². The monoisotopic (exact) mass is 400 g/mol. The van der Waals surface area contributed by atoms with Crippen molar-refractivity contribution in [3.63, 3.8) is 0 Å². The summed E-state index contributed by atoms with van der Waals surface area (Å²) in [4.78, 5) is 12.8. The Labute approximate surface area is 167 Å². The van der Waals surface area contributed by atoms with E-state index in [1.807, 2.05) is 13.0 Å². The Balaban J connectivity index is 1.63.